The second-order valence-electron chi connectivity index (χ2n) is 8.21. The molecule has 36 heavy (non-hydrogen) atoms. The second-order valence-corrected chi connectivity index (χ2v) is 11.4. The van der Waals surface area contributed by atoms with E-state index in [1.165, 1.54) is 29.6 Å². The van der Waals surface area contributed by atoms with E-state index in [1.807, 2.05) is 0 Å². The zero-order valence-corrected chi connectivity index (χ0v) is 22.7. The van der Waals surface area contributed by atoms with E-state index >= 15 is 0 Å². The summed E-state index contributed by atoms with van der Waals surface area (Å²) in [5.41, 5.74) is 1.60. The number of rotatable bonds is 8. The highest BCUT2D eigenvalue weighted by Crippen LogP contribution is 2.39. The molecule has 1 aromatic heterocycles. The van der Waals surface area contributed by atoms with Gasteiger partial charge in [-0.15, -0.1) is 0 Å². The van der Waals surface area contributed by atoms with Gasteiger partial charge >= 0.3 is 5.97 Å². The van der Waals surface area contributed by atoms with Crippen LogP contribution in [0.1, 0.15) is 37.1 Å². The fourth-order valence-electron chi connectivity index (χ4n) is 4.20. The smallest absolute Gasteiger partial charge is 0.327 e. The molecule has 1 aliphatic carbocycles. The SMILES string of the molecule is CCOC(=O)Cn1ncc2c1CCCC2N(C)S(=O)(=O)c1ccc(Oc2ccc(Cl)cc2Cl)cc1Cl. The number of ether oxygens (including phenoxy) is 2. The maximum Gasteiger partial charge on any atom is 0.327 e. The Morgan fingerprint density at radius 3 is 2.64 bits per heavy atom. The quantitative estimate of drug-likeness (QED) is 0.312. The van der Waals surface area contributed by atoms with Crippen molar-refractivity contribution in [3.63, 3.8) is 0 Å². The molecule has 1 atom stereocenters. The number of hydrogen-bond donors (Lipinski definition) is 0. The van der Waals surface area contributed by atoms with Crippen LogP contribution in [-0.4, -0.2) is 42.1 Å². The molecule has 0 N–H and O–H groups in total. The van der Waals surface area contributed by atoms with E-state index in [0.29, 0.717) is 34.4 Å². The summed E-state index contributed by atoms with van der Waals surface area (Å²) >= 11 is 18.5. The molecule has 0 radical (unpaired) electrons. The molecule has 0 amide bonds. The Labute approximate surface area is 224 Å². The molecule has 1 unspecified atom stereocenters. The Bertz CT molecular complexity index is 1390. The summed E-state index contributed by atoms with van der Waals surface area (Å²) in [4.78, 5) is 11.9. The molecule has 3 aromatic rings. The number of carbonyl (C=O) groups is 1. The van der Waals surface area contributed by atoms with Crippen LogP contribution in [0.3, 0.4) is 0 Å². The molecule has 0 fully saturated rings. The normalized spacial score (nSPS) is 15.6. The van der Waals surface area contributed by atoms with Crippen LogP contribution in [-0.2, 0) is 32.5 Å². The van der Waals surface area contributed by atoms with E-state index < -0.39 is 16.1 Å². The summed E-state index contributed by atoms with van der Waals surface area (Å²) in [6.45, 7) is 2.00. The lowest BCUT2D eigenvalue weighted by molar-refractivity contribution is -0.144. The van der Waals surface area contributed by atoms with Gasteiger partial charge in [-0.25, -0.2) is 8.42 Å². The van der Waals surface area contributed by atoms with Crippen molar-refractivity contribution in [3.8, 4) is 11.5 Å². The predicted octanol–water partition coefficient (Wildman–Crippen LogP) is 5.90. The van der Waals surface area contributed by atoms with Crippen molar-refractivity contribution >= 4 is 50.8 Å². The van der Waals surface area contributed by atoms with Gasteiger partial charge in [0.2, 0.25) is 10.0 Å². The van der Waals surface area contributed by atoms with Crippen LogP contribution in [0.25, 0.3) is 0 Å². The van der Waals surface area contributed by atoms with E-state index in [4.69, 9.17) is 44.3 Å². The summed E-state index contributed by atoms with van der Waals surface area (Å²) in [6, 6.07) is 8.68. The van der Waals surface area contributed by atoms with Crippen molar-refractivity contribution < 1.29 is 22.7 Å². The van der Waals surface area contributed by atoms with Gasteiger partial charge in [0, 0.05) is 29.4 Å². The number of sulfonamides is 1. The lowest BCUT2D eigenvalue weighted by Crippen LogP contribution is -2.33. The molecule has 0 aliphatic heterocycles. The van der Waals surface area contributed by atoms with Crippen LogP contribution in [0.2, 0.25) is 15.1 Å². The van der Waals surface area contributed by atoms with E-state index in [2.05, 4.69) is 5.10 Å². The minimum atomic E-state index is -3.96. The largest absolute Gasteiger partial charge is 0.465 e. The Morgan fingerprint density at radius 1 is 1.17 bits per heavy atom. The maximum absolute atomic E-state index is 13.6. The third-order valence-corrected chi connectivity index (χ3v) is 8.82. The summed E-state index contributed by atoms with van der Waals surface area (Å²) in [5, 5.41) is 5.11. The van der Waals surface area contributed by atoms with Gasteiger partial charge in [0.05, 0.1) is 28.9 Å². The van der Waals surface area contributed by atoms with E-state index in [1.54, 1.807) is 36.0 Å². The molecule has 0 saturated carbocycles. The average Bonchev–Trinajstić information content (AvgIpc) is 3.23. The van der Waals surface area contributed by atoms with Gasteiger partial charge in [0.25, 0.3) is 0 Å². The number of fused-ring (bicyclic) bond motifs is 1. The standard InChI is InChI=1S/C24H24Cl3N3O5S/c1-3-34-24(31)14-30-21-6-4-5-20(17(21)13-28-30)29(2)36(32,33)23-10-8-16(12-19(23)27)35-22-9-7-15(25)11-18(22)26/h7-13,20H,3-6,14H2,1-2H3. The van der Waals surface area contributed by atoms with Crippen molar-refractivity contribution in [1.82, 2.24) is 14.1 Å². The zero-order valence-electron chi connectivity index (χ0n) is 19.6. The number of benzene rings is 2. The highest BCUT2D eigenvalue weighted by molar-refractivity contribution is 7.89. The molecule has 1 heterocycles. The van der Waals surface area contributed by atoms with Gasteiger partial charge in [-0.3, -0.25) is 9.48 Å². The van der Waals surface area contributed by atoms with Gasteiger partial charge in [-0.2, -0.15) is 9.40 Å². The molecular formula is C24H24Cl3N3O5S. The first-order valence-corrected chi connectivity index (χ1v) is 13.8. The van der Waals surface area contributed by atoms with Crippen molar-refractivity contribution in [2.45, 2.75) is 43.7 Å². The zero-order chi connectivity index (χ0) is 26.0. The third-order valence-electron chi connectivity index (χ3n) is 5.94. The highest BCUT2D eigenvalue weighted by Gasteiger charge is 2.35. The van der Waals surface area contributed by atoms with Crippen molar-refractivity contribution in [1.29, 1.82) is 0 Å². The number of nitrogens with zero attached hydrogens (tertiary/aromatic N) is 3. The molecule has 192 valence electrons. The van der Waals surface area contributed by atoms with Gasteiger partial charge < -0.3 is 9.47 Å². The molecular weight excluding hydrogens is 549 g/mol. The topological polar surface area (TPSA) is 90.7 Å². The van der Waals surface area contributed by atoms with Crippen LogP contribution in [0.15, 0.2) is 47.5 Å². The molecule has 0 spiro atoms. The maximum atomic E-state index is 13.6. The summed E-state index contributed by atoms with van der Waals surface area (Å²) in [5.74, 6) is 0.297. The van der Waals surface area contributed by atoms with Crippen LogP contribution in [0.4, 0.5) is 0 Å². The van der Waals surface area contributed by atoms with E-state index in [9.17, 15) is 13.2 Å². The molecule has 8 nitrogen and oxygen atoms in total. The summed E-state index contributed by atoms with van der Waals surface area (Å²) in [7, 11) is -2.44. The number of esters is 1. The third kappa shape index (κ3) is 5.50. The second kappa shape index (κ2) is 11.0. The number of halogens is 3. The van der Waals surface area contributed by atoms with Crippen LogP contribution >= 0.6 is 34.8 Å². The fraction of sp³-hybridized carbons (Fsp3) is 0.333. The molecule has 2 aromatic carbocycles. The van der Waals surface area contributed by atoms with Gasteiger partial charge in [0.15, 0.2) is 0 Å². The molecule has 4 rings (SSSR count). The van der Waals surface area contributed by atoms with Crippen molar-refractivity contribution in [3.05, 3.63) is 68.9 Å². The Kier molecular flexibility index (Phi) is 8.16. The molecule has 0 bridgehead atoms. The molecule has 0 saturated heterocycles. The Balaban J connectivity index is 1.57. The van der Waals surface area contributed by atoms with Crippen LogP contribution in [0, 0.1) is 0 Å². The van der Waals surface area contributed by atoms with Gasteiger partial charge in [0.1, 0.15) is 22.9 Å². The average molecular weight is 573 g/mol. The number of hydrogen-bond acceptors (Lipinski definition) is 6. The van der Waals surface area contributed by atoms with Crippen LogP contribution in [0.5, 0.6) is 11.5 Å². The van der Waals surface area contributed by atoms with E-state index in [-0.39, 0.29) is 29.0 Å². The van der Waals surface area contributed by atoms with Crippen molar-refractivity contribution in [2.24, 2.45) is 0 Å². The van der Waals surface area contributed by atoms with Gasteiger partial charge in [-0.05, 0) is 56.5 Å². The summed E-state index contributed by atoms with van der Waals surface area (Å²) in [6.07, 6.45) is 3.67. The predicted molar refractivity (Wildman–Crippen MR) is 137 cm³/mol. The first-order chi connectivity index (χ1) is 17.1. The Hall–Kier alpha value is -2.30. The minimum absolute atomic E-state index is 0.0125. The summed E-state index contributed by atoms with van der Waals surface area (Å²) < 4.78 is 40.8. The van der Waals surface area contributed by atoms with E-state index in [0.717, 1.165) is 17.7 Å². The van der Waals surface area contributed by atoms with Crippen molar-refractivity contribution in [2.75, 3.05) is 13.7 Å². The molecule has 1 aliphatic rings. The lowest BCUT2D eigenvalue weighted by atomic mass is 9.93. The monoisotopic (exact) mass is 571 g/mol. The first kappa shape index (κ1) is 26.8. The first-order valence-electron chi connectivity index (χ1n) is 11.2. The Morgan fingerprint density at radius 2 is 1.94 bits per heavy atom. The number of carbonyl (C=O) groups excluding carboxylic acids is 1. The molecule has 12 heteroatoms. The minimum Gasteiger partial charge on any atom is -0.465 e. The lowest BCUT2D eigenvalue weighted by Gasteiger charge is -2.31. The van der Waals surface area contributed by atoms with Gasteiger partial charge in [-0.1, -0.05) is 34.8 Å². The van der Waals surface area contributed by atoms with Crippen LogP contribution < -0.4 is 4.74 Å². The number of aromatic nitrogens is 2. The fourth-order valence-corrected chi connectivity index (χ4v) is 6.52. The highest BCUT2D eigenvalue weighted by atomic mass is 35.5.